The van der Waals surface area contributed by atoms with E-state index in [9.17, 15) is 0 Å². The zero-order valence-electron chi connectivity index (χ0n) is 11.0. The lowest BCUT2D eigenvalue weighted by Crippen LogP contribution is -2.20. The Morgan fingerprint density at radius 1 is 1.00 bits per heavy atom. The summed E-state index contributed by atoms with van der Waals surface area (Å²) in [4.78, 5) is 0. The molecule has 0 atom stereocenters. The van der Waals surface area contributed by atoms with Crippen LogP contribution >= 0.6 is 0 Å². The Morgan fingerprint density at radius 2 is 1.75 bits per heavy atom. The second kappa shape index (κ2) is 6.66. The monoisotopic (exact) mass is 220 g/mol. The second-order valence-electron chi connectivity index (χ2n) is 4.43. The van der Waals surface area contributed by atoms with Gasteiger partial charge in [-0.25, -0.2) is 0 Å². The molecule has 0 aliphatic carbocycles. The third-order valence-corrected chi connectivity index (χ3v) is 3.27. The van der Waals surface area contributed by atoms with Crippen LogP contribution in [0.1, 0.15) is 28.7 Å². The van der Waals surface area contributed by atoms with E-state index in [4.69, 9.17) is 0 Å². The lowest BCUT2D eigenvalue weighted by Gasteiger charge is -2.12. The average molecular weight is 220 g/mol. The Balaban J connectivity index is 2.45. The van der Waals surface area contributed by atoms with Crippen molar-refractivity contribution in [2.45, 2.75) is 33.7 Å². The highest BCUT2D eigenvalue weighted by Crippen LogP contribution is 2.16. The first-order chi connectivity index (χ1) is 7.66. The van der Waals surface area contributed by atoms with Crippen LogP contribution in [0.4, 0.5) is 0 Å². The van der Waals surface area contributed by atoms with E-state index in [1.165, 1.54) is 28.7 Å². The van der Waals surface area contributed by atoms with Gasteiger partial charge in [-0.1, -0.05) is 12.1 Å². The summed E-state index contributed by atoms with van der Waals surface area (Å²) in [5.41, 5.74) is 5.67. The van der Waals surface area contributed by atoms with Gasteiger partial charge in [-0.3, -0.25) is 0 Å². The molecule has 0 fully saturated rings. The maximum absolute atomic E-state index is 3.48. The fourth-order valence-electron chi connectivity index (χ4n) is 1.82. The minimum absolute atomic E-state index is 0.983. The van der Waals surface area contributed by atoms with Crippen molar-refractivity contribution in [3.05, 3.63) is 34.4 Å². The summed E-state index contributed by atoms with van der Waals surface area (Å²) in [5.74, 6) is 0. The largest absolute Gasteiger partial charge is 0.320 e. The van der Waals surface area contributed by atoms with E-state index in [1.54, 1.807) is 0 Å². The van der Waals surface area contributed by atoms with Gasteiger partial charge >= 0.3 is 0 Å². The van der Waals surface area contributed by atoms with Crippen LogP contribution in [0.3, 0.4) is 0 Å². The molecule has 90 valence electrons. The molecule has 0 radical (unpaired) electrons. The predicted octanol–water partition coefficient (Wildman–Crippen LogP) is 2.31. The molecule has 16 heavy (non-hydrogen) atoms. The number of benzene rings is 1. The van der Waals surface area contributed by atoms with E-state index in [0.29, 0.717) is 0 Å². The average Bonchev–Trinajstić information content (AvgIpc) is 2.28. The summed E-state index contributed by atoms with van der Waals surface area (Å²) in [6.07, 6.45) is 1.18. The minimum atomic E-state index is 0.983. The Labute approximate surface area is 99.5 Å². The lowest BCUT2D eigenvalue weighted by atomic mass is 9.99. The normalized spacial score (nSPS) is 10.8. The molecule has 0 unspecified atom stereocenters. The van der Waals surface area contributed by atoms with Gasteiger partial charge < -0.3 is 10.6 Å². The SMILES string of the molecule is CNCCCNCc1ccc(C)c(C)c1C. The molecule has 2 N–H and O–H groups in total. The molecule has 0 bridgehead atoms. The topological polar surface area (TPSA) is 24.1 Å². The quantitative estimate of drug-likeness (QED) is 0.719. The van der Waals surface area contributed by atoms with E-state index >= 15 is 0 Å². The third kappa shape index (κ3) is 3.62. The first kappa shape index (κ1) is 13.2. The maximum Gasteiger partial charge on any atom is 0.0208 e. The van der Waals surface area contributed by atoms with Crippen LogP contribution in [-0.4, -0.2) is 20.1 Å². The van der Waals surface area contributed by atoms with Gasteiger partial charge in [0.15, 0.2) is 0 Å². The molecular formula is C14H24N2. The van der Waals surface area contributed by atoms with Crippen molar-refractivity contribution in [2.24, 2.45) is 0 Å². The Bertz CT molecular complexity index is 332. The first-order valence-corrected chi connectivity index (χ1v) is 6.07. The highest BCUT2D eigenvalue weighted by molar-refractivity contribution is 5.38. The minimum Gasteiger partial charge on any atom is -0.320 e. The van der Waals surface area contributed by atoms with Crippen LogP contribution in [0.2, 0.25) is 0 Å². The molecule has 1 rings (SSSR count). The van der Waals surface area contributed by atoms with Gasteiger partial charge in [0.1, 0.15) is 0 Å². The summed E-state index contributed by atoms with van der Waals surface area (Å²) >= 11 is 0. The molecule has 0 aliphatic rings. The number of hydrogen-bond acceptors (Lipinski definition) is 2. The maximum atomic E-state index is 3.48. The molecule has 0 spiro atoms. The molecule has 0 amide bonds. The number of nitrogens with one attached hydrogen (secondary N) is 2. The van der Waals surface area contributed by atoms with Crippen LogP contribution < -0.4 is 10.6 Å². The summed E-state index contributed by atoms with van der Waals surface area (Å²) in [7, 11) is 1.99. The molecule has 1 aromatic rings. The van der Waals surface area contributed by atoms with E-state index < -0.39 is 0 Å². The van der Waals surface area contributed by atoms with Gasteiger partial charge in [-0.15, -0.1) is 0 Å². The van der Waals surface area contributed by atoms with E-state index in [1.807, 2.05) is 7.05 Å². The highest BCUT2D eigenvalue weighted by atomic mass is 14.9. The van der Waals surface area contributed by atoms with Crippen molar-refractivity contribution in [2.75, 3.05) is 20.1 Å². The fourth-order valence-corrected chi connectivity index (χ4v) is 1.82. The zero-order valence-corrected chi connectivity index (χ0v) is 11.0. The standard InChI is InChI=1S/C14H24N2/c1-11-6-7-14(13(3)12(11)2)10-16-9-5-8-15-4/h6-7,15-16H,5,8-10H2,1-4H3. The van der Waals surface area contributed by atoms with Gasteiger partial charge in [0.05, 0.1) is 0 Å². The molecule has 0 aliphatic heterocycles. The molecule has 1 aromatic carbocycles. The molecule has 0 saturated heterocycles. The van der Waals surface area contributed by atoms with Crippen LogP contribution in [0.25, 0.3) is 0 Å². The molecule has 0 heterocycles. The van der Waals surface area contributed by atoms with E-state index in [0.717, 1.165) is 19.6 Å². The smallest absolute Gasteiger partial charge is 0.0208 e. The van der Waals surface area contributed by atoms with Crippen molar-refractivity contribution >= 4 is 0 Å². The third-order valence-electron chi connectivity index (χ3n) is 3.27. The van der Waals surface area contributed by atoms with Crippen molar-refractivity contribution in [3.8, 4) is 0 Å². The summed E-state index contributed by atoms with van der Waals surface area (Å²) in [5, 5.41) is 6.64. The van der Waals surface area contributed by atoms with E-state index in [-0.39, 0.29) is 0 Å². The number of hydrogen-bond donors (Lipinski definition) is 2. The van der Waals surface area contributed by atoms with Crippen molar-refractivity contribution in [3.63, 3.8) is 0 Å². The molecular weight excluding hydrogens is 196 g/mol. The van der Waals surface area contributed by atoms with Gasteiger partial charge in [0.2, 0.25) is 0 Å². The molecule has 2 heteroatoms. The fraction of sp³-hybridized carbons (Fsp3) is 0.571. The second-order valence-corrected chi connectivity index (χ2v) is 4.43. The van der Waals surface area contributed by atoms with Crippen LogP contribution in [-0.2, 0) is 6.54 Å². The van der Waals surface area contributed by atoms with Crippen molar-refractivity contribution in [1.29, 1.82) is 0 Å². The Hall–Kier alpha value is -0.860. The first-order valence-electron chi connectivity index (χ1n) is 6.07. The zero-order chi connectivity index (χ0) is 12.0. The number of rotatable bonds is 6. The van der Waals surface area contributed by atoms with Crippen molar-refractivity contribution in [1.82, 2.24) is 10.6 Å². The van der Waals surface area contributed by atoms with E-state index in [2.05, 4.69) is 43.5 Å². The van der Waals surface area contributed by atoms with Gasteiger partial charge in [-0.2, -0.15) is 0 Å². The highest BCUT2D eigenvalue weighted by Gasteiger charge is 2.02. The molecule has 0 saturated carbocycles. The van der Waals surface area contributed by atoms with Crippen LogP contribution in [0.15, 0.2) is 12.1 Å². The molecule has 2 nitrogen and oxygen atoms in total. The van der Waals surface area contributed by atoms with Crippen LogP contribution in [0, 0.1) is 20.8 Å². The van der Waals surface area contributed by atoms with Gasteiger partial charge in [0.25, 0.3) is 0 Å². The van der Waals surface area contributed by atoms with Gasteiger partial charge in [0, 0.05) is 6.54 Å². The Kier molecular flexibility index (Phi) is 5.50. The predicted molar refractivity (Wildman–Crippen MR) is 70.9 cm³/mol. The number of aryl methyl sites for hydroxylation is 1. The Morgan fingerprint density at radius 3 is 2.44 bits per heavy atom. The molecule has 0 aromatic heterocycles. The summed E-state index contributed by atoms with van der Waals surface area (Å²) in [6, 6.07) is 4.45. The van der Waals surface area contributed by atoms with Crippen molar-refractivity contribution < 1.29 is 0 Å². The lowest BCUT2D eigenvalue weighted by molar-refractivity contribution is 0.624. The van der Waals surface area contributed by atoms with Gasteiger partial charge in [-0.05, 0) is 69.6 Å². The summed E-state index contributed by atoms with van der Waals surface area (Å²) in [6.45, 7) is 9.73. The summed E-state index contributed by atoms with van der Waals surface area (Å²) < 4.78 is 0. The van der Waals surface area contributed by atoms with Crippen LogP contribution in [0.5, 0.6) is 0 Å².